The minimum absolute atomic E-state index is 0.119. The minimum atomic E-state index is -4.58. The Hall–Kier alpha value is -0.580. The van der Waals surface area contributed by atoms with Crippen LogP contribution in [-0.4, -0.2) is 22.7 Å². The van der Waals surface area contributed by atoms with Crippen LogP contribution in [0.4, 0.5) is 13.2 Å². The lowest BCUT2D eigenvalue weighted by Gasteiger charge is -2.37. The number of carbonyl (C=O) groups is 1. The standard InChI is InChI=1S/C10H15F3O2/c1-7(14)5-8-3-2-4-9(15,6-8)10(11,12)13/h8,15H,2-6H2,1H3. The summed E-state index contributed by atoms with van der Waals surface area (Å²) in [5.41, 5.74) is -2.58. The number of ketones is 1. The van der Waals surface area contributed by atoms with Crippen molar-refractivity contribution < 1.29 is 23.1 Å². The fourth-order valence-electron chi connectivity index (χ4n) is 2.20. The summed E-state index contributed by atoms with van der Waals surface area (Å²) >= 11 is 0. The SMILES string of the molecule is CC(=O)CC1CCCC(O)(C(F)(F)F)C1. The quantitative estimate of drug-likeness (QED) is 0.782. The van der Waals surface area contributed by atoms with Gasteiger partial charge in [0.2, 0.25) is 0 Å². The van der Waals surface area contributed by atoms with Crippen molar-refractivity contribution in [2.24, 2.45) is 5.92 Å². The van der Waals surface area contributed by atoms with Crippen molar-refractivity contribution in [1.82, 2.24) is 0 Å². The highest BCUT2D eigenvalue weighted by molar-refractivity contribution is 5.75. The lowest BCUT2D eigenvalue weighted by atomic mass is 9.76. The zero-order valence-corrected chi connectivity index (χ0v) is 8.60. The molecule has 2 nitrogen and oxygen atoms in total. The van der Waals surface area contributed by atoms with Crippen LogP contribution in [0, 0.1) is 5.92 Å². The summed E-state index contributed by atoms with van der Waals surface area (Å²) in [4.78, 5) is 10.8. The molecular weight excluding hydrogens is 209 g/mol. The molecule has 0 amide bonds. The summed E-state index contributed by atoms with van der Waals surface area (Å²) in [6.45, 7) is 1.36. The highest BCUT2D eigenvalue weighted by Crippen LogP contribution is 2.44. The summed E-state index contributed by atoms with van der Waals surface area (Å²) in [6.07, 6.45) is -4.10. The van der Waals surface area contributed by atoms with Crippen molar-refractivity contribution in [1.29, 1.82) is 0 Å². The van der Waals surface area contributed by atoms with E-state index in [1.165, 1.54) is 6.92 Å². The van der Waals surface area contributed by atoms with Gasteiger partial charge in [-0.25, -0.2) is 0 Å². The largest absolute Gasteiger partial charge is 0.417 e. The number of aliphatic hydroxyl groups is 1. The fourth-order valence-corrected chi connectivity index (χ4v) is 2.20. The van der Waals surface area contributed by atoms with Crippen LogP contribution in [-0.2, 0) is 4.79 Å². The molecule has 0 spiro atoms. The normalized spacial score (nSPS) is 32.7. The molecule has 0 aromatic rings. The van der Waals surface area contributed by atoms with E-state index in [1.807, 2.05) is 0 Å². The van der Waals surface area contributed by atoms with Crippen molar-refractivity contribution in [3.8, 4) is 0 Å². The number of rotatable bonds is 2. The maximum atomic E-state index is 12.5. The van der Waals surface area contributed by atoms with Crippen LogP contribution in [0.1, 0.15) is 39.0 Å². The van der Waals surface area contributed by atoms with Crippen LogP contribution >= 0.6 is 0 Å². The van der Waals surface area contributed by atoms with Crippen molar-refractivity contribution in [3.63, 3.8) is 0 Å². The van der Waals surface area contributed by atoms with Crippen molar-refractivity contribution in [3.05, 3.63) is 0 Å². The molecule has 1 saturated carbocycles. The van der Waals surface area contributed by atoms with E-state index in [0.717, 1.165) is 0 Å². The zero-order valence-electron chi connectivity index (χ0n) is 8.60. The van der Waals surface area contributed by atoms with E-state index < -0.39 is 11.8 Å². The molecule has 2 atom stereocenters. The van der Waals surface area contributed by atoms with E-state index >= 15 is 0 Å². The monoisotopic (exact) mass is 224 g/mol. The van der Waals surface area contributed by atoms with E-state index in [4.69, 9.17) is 0 Å². The molecule has 15 heavy (non-hydrogen) atoms. The number of alkyl halides is 3. The first-order valence-corrected chi connectivity index (χ1v) is 5.03. The van der Waals surface area contributed by atoms with Crippen LogP contribution < -0.4 is 0 Å². The van der Waals surface area contributed by atoms with E-state index in [0.29, 0.717) is 12.8 Å². The smallest absolute Gasteiger partial charge is 0.380 e. The highest BCUT2D eigenvalue weighted by atomic mass is 19.4. The Morgan fingerprint density at radius 1 is 1.53 bits per heavy atom. The van der Waals surface area contributed by atoms with Gasteiger partial charge in [0.15, 0.2) is 5.60 Å². The van der Waals surface area contributed by atoms with Crippen molar-refractivity contribution >= 4 is 5.78 Å². The molecule has 88 valence electrons. The molecule has 1 aliphatic carbocycles. The predicted octanol–water partition coefficient (Wildman–Crippen LogP) is 2.45. The van der Waals surface area contributed by atoms with Crippen LogP contribution in [0.15, 0.2) is 0 Å². The third-order valence-electron chi connectivity index (χ3n) is 2.93. The van der Waals surface area contributed by atoms with Gasteiger partial charge in [0, 0.05) is 6.42 Å². The number of halogens is 3. The Morgan fingerprint density at radius 3 is 2.60 bits per heavy atom. The van der Waals surface area contributed by atoms with E-state index in [2.05, 4.69) is 0 Å². The van der Waals surface area contributed by atoms with Gasteiger partial charge >= 0.3 is 6.18 Å². The first-order valence-electron chi connectivity index (χ1n) is 5.03. The van der Waals surface area contributed by atoms with E-state index in [-0.39, 0.29) is 31.0 Å². The summed E-state index contributed by atoms with van der Waals surface area (Å²) in [6, 6.07) is 0. The molecule has 0 saturated heterocycles. The number of carbonyl (C=O) groups excluding carboxylic acids is 1. The maximum absolute atomic E-state index is 12.5. The fraction of sp³-hybridized carbons (Fsp3) is 0.900. The van der Waals surface area contributed by atoms with Gasteiger partial charge in [-0.15, -0.1) is 0 Å². The zero-order chi connectivity index (χ0) is 11.7. The lowest BCUT2D eigenvalue weighted by Crippen LogP contribution is -2.48. The average molecular weight is 224 g/mol. The topological polar surface area (TPSA) is 37.3 Å². The third-order valence-corrected chi connectivity index (χ3v) is 2.93. The molecule has 0 radical (unpaired) electrons. The van der Waals surface area contributed by atoms with E-state index in [9.17, 15) is 23.1 Å². The number of Topliss-reactive ketones (excluding diaryl/α,β-unsaturated/α-hetero) is 1. The predicted molar refractivity (Wildman–Crippen MR) is 48.3 cm³/mol. The Balaban J connectivity index is 2.67. The Kier molecular flexibility index (Phi) is 3.43. The van der Waals surface area contributed by atoms with Gasteiger partial charge in [0.1, 0.15) is 5.78 Å². The second-order valence-electron chi connectivity index (χ2n) is 4.40. The van der Waals surface area contributed by atoms with Gasteiger partial charge in [0.25, 0.3) is 0 Å². The second-order valence-corrected chi connectivity index (χ2v) is 4.40. The van der Waals surface area contributed by atoms with Gasteiger partial charge in [-0.05, 0) is 38.5 Å². The lowest BCUT2D eigenvalue weighted by molar-refractivity contribution is -0.274. The van der Waals surface area contributed by atoms with Crippen molar-refractivity contribution in [2.75, 3.05) is 0 Å². The average Bonchev–Trinajstić information content (AvgIpc) is 2.00. The number of hydrogen-bond acceptors (Lipinski definition) is 2. The second kappa shape index (κ2) is 4.12. The first-order chi connectivity index (χ1) is 6.74. The molecule has 0 aromatic carbocycles. The minimum Gasteiger partial charge on any atom is -0.380 e. The third kappa shape index (κ3) is 2.93. The van der Waals surface area contributed by atoms with Crippen LogP contribution in [0.25, 0.3) is 0 Å². The maximum Gasteiger partial charge on any atom is 0.417 e. The van der Waals surface area contributed by atoms with Gasteiger partial charge < -0.3 is 9.90 Å². The van der Waals surface area contributed by atoms with Gasteiger partial charge in [-0.2, -0.15) is 13.2 Å². The molecule has 0 bridgehead atoms. The van der Waals surface area contributed by atoms with Crippen LogP contribution in [0.3, 0.4) is 0 Å². The molecule has 2 unspecified atom stereocenters. The Bertz CT molecular complexity index is 250. The molecule has 1 aliphatic rings. The Morgan fingerprint density at radius 2 is 2.13 bits per heavy atom. The summed E-state index contributed by atoms with van der Waals surface area (Å²) in [7, 11) is 0. The molecule has 0 aromatic heterocycles. The molecule has 1 rings (SSSR count). The highest BCUT2D eigenvalue weighted by Gasteiger charge is 2.55. The van der Waals surface area contributed by atoms with Crippen molar-refractivity contribution in [2.45, 2.75) is 50.8 Å². The van der Waals surface area contributed by atoms with Crippen LogP contribution in [0.5, 0.6) is 0 Å². The summed E-state index contributed by atoms with van der Waals surface area (Å²) in [5, 5.41) is 9.45. The molecule has 5 heteroatoms. The van der Waals surface area contributed by atoms with Crippen LogP contribution in [0.2, 0.25) is 0 Å². The summed E-state index contributed by atoms with van der Waals surface area (Å²) < 4.78 is 37.5. The Labute approximate surface area is 86.5 Å². The van der Waals surface area contributed by atoms with Gasteiger partial charge in [-0.3, -0.25) is 0 Å². The first kappa shape index (κ1) is 12.5. The molecule has 1 N–H and O–H groups in total. The van der Waals surface area contributed by atoms with Gasteiger partial charge in [-0.1, -0.05) is 0 Å². The number of hydrogen-bond donors (Lipinski definition) is 1. The van der Waals surface area contributed by atoms with E-state index in [1.54, 1.807) is 0 Å². The molecule has 0 aliphatic heterocycles. The molecular formula is C10H15F3O2. The summed E-state index contributed by atoms with van der Waals surface area (Å²) in [5.74, 6) is -0.450. The molecule has 1 fully saturated rings. The van der Waals surface area contributed by atoms with Gasteiger partial charge in [0.05, 0.1) is 0 Å². The molecule has 0 heterocycles.